The predicted octanol–water partition coefficient (Wildman–Crippen LogP) is 2.67. The minimum absolute atomic E-state index is 0.000907. The number of carbonyl (C=O) groups is 3. The number of ether oxygens (including phenoxy) is 12. The summed E-state index contributed by atoms with van der Waals surface area (Å²) in [6, 6.07) is -1.27. The fourth-order valence-electron chi connectivity index (χ4n) is 11.4. The van der Waals surface area contributed by atoms with Gasteiger partial charge in [0.15, 0.2) is 41.8 Å². The summed E-state index contributed by atoms with van der Waals surface area (Å²) < 4.78 is 72.9. The second kappa shape index (κ2) is 32.5. The second-order valence-electron chi connectivity index (χ2n) is 21.9. The van der Waals surface area contributed by atoms with Gasteiger partial charge in [-0.25, -0.2) is 4.79 Å². The van der Waals surface area contributed by atoms with Crippen LogP contribution in [0.4, 0.5) is 4.79 Å². The fraction of sp³-hybridized carbons (Fsp3) is 0.678. The lowest BCUT2D eigenvalue weighted by Gasteiger charge is -2.46. The molecule has 0 spiro atoms. The van der Waals surface area contributed by atoms with Gasteiger partial charge < -0.3 is 93.0 Å². The summed E-state index contributed by atoms with van der Waals surface area (Å²) in [5, 5.41) is 66.8. The van der Waals surface area contributed by atoms with Crippen LogP contribution in [0.1, 0.15) is 75.7 Å². The molecule has 488 valence electrons. The van der Waals surface area contributed by atoms with E-state index in [1.165, 1.54) is 33.5 Å². The smallest absolute Gasteiger partial charge is 0.411 e. The van der Waals surface area contributed by atoms with Crippen LogP contribution in [-0.4, -0.2) is 231 Å². The number of amides is 1. The van der Waals surface area contributed by atoms with Crippen molar-refractivity contribution in [3.63, 3.8) is 0 Å². The summed E-state index contributed by atoms with van der Waals surface area (Å²) >= 11 is 2.83. The van der Waals surface area contributed by atoms with Gasteiger partial charge in [0.1, 0.15) is 36.6 Å². The molecule has 0 radical (unpaired) electrons. The van der Waals surface area contributed by atoms with E-state index >= 15 is 0 Å². The Morgan fingerprint density at radius 1 is 0.875 bits per heavy atom. The van der Waals surface area contributed by atoms with Gasteiger partial charge in [0.05, 0.1) is 97.0 Å². The van der Waals surface area contributed by atoms with Crippen LogP contribution in [0, 0.1) is 34.2 Å². The molecule has 0 saturated carbocycles. The summed E-state index contributed by atoms with van der Waals surface area (Å²) in [6.07, 6.45) is -11.7. The third kappa shape index (κ3) is 16.3. The van der Waals surface area contributed by atoms with E-state index in [-0.39, 0.29) is 71.2 Å². The van der Waals surface area contributed by atoms with Crippen LogP contribution in [0.15, 0.2) is 35.1 Å². The first-order chi connectivity index (χ1) is 42.2. The van der Waals surface area contributed by atoms with Crippen molar-refractivity contribution in [3.8, 4) is 40.9 Å². The molecule has 0 unspecified atom stereocenters. The Bertz CT molecular complexity index is 2830. The largest absolute Gasteiger partial charge is 0.492 e. The number of methoxy groups -OCH3 is 5. The number of hydroxylamine groups is 1. The van der Waals surface area contributed by atoms with Crippen molar-refractivity contribution < 1.29 is 102 Å². The Morgan fingerprint density at radius 3 is 2.28 bits per heavy atom. The Morgan fingerprint density at radius 2 is 1.60 bits per heavy atom. The first kappa shape index (κ1) is 70.5. The highest BCUT2D eigenvalue weighted by atomic mass is 127. The van der Waals surface area contributed by atoms with E-state index in [0.29, 0.717) is 26.7 Å². The standard InChI is InChI=1S/C59H81IN4O21S3/c1-11-62-34-27-78-39(25-38(34)73-6)83-52-47(68)44(29(3)80-57(52)82-37-16-14-12-13-15-20-59(72)26-36(66)45(63-58(71)77-10)42(37)33(59)19-23-86-88-32-17-21-61-22-18-32)64-85-40-24-35(65)54(31(5)79-40)87-55(70)41-28(2)43(60)50(53(76-9)49(41)74-7)84-56-48(69)51(75-8)46(67)30(4)81-56/h12-13,19,29-32,34-35,37-40,44,46-48,51-52,54,56-57,61-62,64-65,67-69,72H,11,17-18,21-27H2,1-10H3,(H,63,71)/b13-12?,33-19+/t29-,30+,31-,34+,35+,37+,38+,39+,40+,44-,46+,47+,48-,51-,52-,54-,56+,57+,59+/m1/s1. The van der Waals surface area contributed by atoms with Crippen LogP contribution in [0.3, 0.4) is 0 Å². The van der Waals surface area contributed by atoms with Crippen molar-refractivity contribution in [2.45, 2.75) is 187 Å². The minimum Gasteiger partial charge on any atom is -0.492 e. The Hall–Kier alpha value is -3.33. The van der Waals surface area contributed by atoms with Crippen LogP contribution >= 0.6 is 55.9 Å². The van der Waals surface area contributed by atoms with Crippen molar-refractivity contribution in [3.05, 3.63) is 49.8 Å². The molecule has 5 fully saturated rings. The first-order valence-electron chi connectivity index (χ1n) is 29.1. The number of halogens is 1. The number of aliphatic hydroxyl groups excluding tert-OH is 4. The van der Waals surface area contributed by atoms with Gasteiger partial charge in [-0.05, 0) is 100 Å². The zero-order chi connectivity index (χ0) is 63.6. The molecule has 7 aliphatic rings. The minimum atomic E-state index is -2.06. The van der Waals surface area contributed by atoms with Gasteiger partial charge in [0.25, 0.3) is 0 Å². The second-order valence-corrected chi connectivity index (χ2v) is 26.8. The molecule has 88 heavy (non-hydrogen) atoms. The number of benzene rings is 1. The summed E-state index contributed by atoms with van der Waals surface area (Å²) in [7, 11) is 10.1. The van der Waals surface area contributed by atoms with Crippen molar-refractivity contribution in [2.75, 3.05) is 67.5 Å². The van der Waals surface area contributed by atoms with E-state index in [4.69, 9.17) is 61.7 Å². The molecule has 2 aliphatic carbocycles. The molecule has 5 saturated heterocycles. The number of piperidine rings is 1. The molecule has 1 aromatic rings. The van der Waals surface area contributed by atoms with E-state index in [1.807, 2.05) is 29.5 Å². The molecule has 1 aromatic carbocycles. The number of fused-ring (bicyclic) bond motifs is 2. The normalized spacial score (nSPS) is 35.7. The molecule has 25 nitrogen and oxygen atoms in total. The number of thioether (sulfide) groups is 1. The SMILES string of the molecule is CCN[C@H]1CO[C@@H](O[C@H]2[C@H](O[C@H]3C#CC=CC#C[C@]4(O)CC(=O)C(NC(=O)OC)=C3/C4=C\CSSC3CCNCC3)O[C@H](C)[C@@H](NO[C@H]3C[C@H](O)[C@H](SC(=O)c4c(C)c(I)c(O[C@@H]5O[C@@H](C)[C@H](O)[C@@H](OC)[C@H]5O)c(OC)c4OC)[C@@H](C)O3)[C@@H]2O)C[C@@H]1OC. The number of ketones is 1. The Labute approximate surface area is 538 Å². The molecule has 0 aromatic heterocycles. The van der Waals surface area contributed by atoms with Gasteiger partial charge in [-0.15, -0.1) is 0 Å². The summed E-state index contributed by atoms with van der Waals surface area (Å²) in [5.74, 6) is 11.5. The van der Waals surface area contributed by atoms with Gasteiger partial charge in [0, 0.05) is 49.2 Å². The van der Waals surface area contributed by atoms with Gasteiger partial charge in [0.2, 0.25) is 17.2 Å². The van der Waals surface area contributed by atoms with Crippen molar-refractivity contribution in [1.29, 1.82) is 0 Å². The number of aliphatic hydroxyl groups is 5. The molecule has 5 aliphatic heterocycles. The topological polar surface area (TPSA) is 320 Å². The quantitative estimate of drug-likeness (QED) is 0.0265. The number of hydrogen-bond acceptors (Lipinski definition) is 27. The van der Waals surface area contributed by atoms with Crippen LogP contribution in [-0.2, 0) is 52.3 Å². The van der Waals surface area contributed by atoms with Gasteiger partial charge in [-0.3, -0.25) is 19.7 Å². The molecule has 2 bridgehead atoms. The zero-order valence-electron chi connectivity index (χ0n) is 50.6. The van der Waals surface area contributed by atoms with E-state index in [9.17, 15) is 39.9 Å². The molecule has 5 heterocycles. The lowest BCUT2D eigenvalue weighted by molar-refractivity contribution is -0.336. The van der Waals surface area contributed by atoms with Crippen molar-refractivity contribution in [2.24, 2.45) is 0 Å². The van der Waals surface area contributed by atoms with Crippen LogP contribution < -0.4 is 35.6 Å². The Balaban J connectivity index is 1.02. The molecule has 1 amide bonds. The molecular weight excluding hydrogens is 1320 g/mol. The maximum Gasteiger partial charge on any atom is 0.411 e. The first-order valence-corrected chi connectivity index (χ1v) is 33.4. The lowest BCUT2D eigenvalue weighted by atomic mass is 9.75. The predicted molar refractivity (Wildman–Crippen MR) is 332 cm³/mol. The summed E-state index contributed by atoms with van der Waals surface area (Å²) in [6.45, 7) is 11.2. The third-order valence-electron chi connectivity index (χ3n) is 16.1. The molecule has 9 N–H and O–H groups in total. The highest BCUT2D eigenvalue weighted by Crippen LogP contribution is 2.49. The van der Waals surface area contributed by atoms with E-state index in [1.54, 1.807) is 62.5 Å². The number of carbonyl (C=O) groups excluding carboxylic acids is 3. The maximum atomic E-state index is 14.5. The van der Waals surface area contributed by atoms with E-state index in [0.717, 1.165) is 44.8 Å². The summed E-state index contributed by atoms with van der Waals surface area (Å²) in [4.78, 5) is 47.9. The number of nitrogens with one attached hydrogen (secondary N) is 4. The molecular formula is C59H81IN4O21S3. The Kier molecular flexibility index (Phi) is 26.0. The van der Waals surface area contributed by atoms with Gasteiger partial charge in [-0.2, -0.15) is 5.48 Å². The van der Waals surface area contributed by atoms with Gasteiger partial charge >= 0.3 is 6.09 Å². The highest BCUT2D eigenvalue weighted by Gasteiger charge is 2.52. The fourth-order valence-corrected chi connectivity index (χ4v) is 15.8. The lowest BCUT2D eigenvalue weighted by Crippen LogP contribution is -2.65. The maximum absolute atomic E-state index is 14.5. The number of likely N-dealkylation sites (N-methyl/N-ethyl adjacent to an activating group) is 1. The molecule has 8 rings (SSSR count). The number of allylic oxidation sites excluding steroid dienone is 3. The van der Waals surface area contributed by atoms with Crippen LogP contribution in [0.5, 0.6) is 17.2 Å². The number of rotatable bonds is 22. The molecule has 29 heteroatoms. The molecule has 19 atom stereocenters. The number of Topliss-reactive ketones (excluding diaryl/α,β-unsaturated/α-hetero) is 1. The van der Waals surface area contributed by atoms with E-state index in [2.05, 4.69) is 45.1 Å². The number of hydrogen-bond donors (Lipinski definition) is 9. The van der Waals surface area contributed by atoms with Gasteiger partial charge in [-0.1, -0.05) is 70.0 Å². The average Bonchev–Trinajstić information content (AvgIpc) is 2.97. The zero-order valence-corrected chi connectivity index (χ0v) is 55.3. The van der Waals surface area contributed by atoms with Crippen LogP contribution in [0.25, 0.3) is 0 Å². The van der Waals surface area contributed by atoms with Crippen molar-refractivity contribution >= 4 is 72.9 Å². The summed E-state index contributed by atoms with van der Waals surface area (Å²) in [5.41, 5.74) is 1.36. The average molecular weight is 1410 g/mol. The highest BCUT2D eigenvalue weighted by molar-refractivity contribution is 14.1. The number of alkyl carbamates (subject to hydrolysis) is 1. The van der Waals surface area contributed by atoms with Crippen LogP contribution in [0.2, 0.25) is 0 Å². The van der Waals surface area contributed by atoms with E-state index < -0.39 is 127 Å². The monoisotopic (exact) mass is 1400 g/mol. The van der Waals surface area contributed by atoms with Crippen molar-refractivity contribution in [1.82, 2.24) is 21.4 Å². The third-order valence-corrected chi connectivity index (χ3v) is 21.6.